The molecule has 0 bridgehead atoms. The highest BCUT2D eigenvalue weighted by atomic mass is 79.9. The minimum atomic E-state index is -4.48. The van der Waals surface area contributed by atoms with Crippen molar-refractivity contribution in [3.05, 3.63) is 28.2 Å². The molecular formula is C14H14BrF3N2O. The van der Waals surface area contributed by atoms with E-state index in [-0.39, 0.29) is 17.6 Å². The van der Waals surface area contributed by atoms with Gasteiger partial charge in [-0.15, -0.1) is 0 Å². The predicted molar refractivity (Wildman–Crippen MR) is 76.1 cm³/mol. The van der Waals surface area contributed by atoms with Crippen molar-refractivity contribution < 1.29 is 18.0 Å². The molecule has 1 saturated heterocycles. The monoisotopic (exact) mass is 362 g/mol. The highest BCUT2D eigenvalue weighted by Crippen LogP contribution is 2.39. The van der Waals surface area contributed by atoms with Crippen LogP contribution in [0, 0.1) is 0 Å². The van der Waals surface area contributed by atoms with Gasteiger partial charge in [0.05, 0.1) is 17.3 Å². The van der Waals surface area contributed by atoms with E-state index >= 15 is 0 Å². The van der Waals surface area contributed by atoms with Gasteiger partial charge in [-0.25, -0.2) is 0 Å². The van der Waals surface area contributed by atoms with Crippen LogP contribution in [0.25, 0.3) is 0 Å². The number of alkyl halides is 3. The molecule has 1 heterocycles. The Balaban J connectivity index is 1.88. The average molecular weight is 363 g/mol. The third-order valence-electron chi connectivity index (χ3n) is 3.77. The summed E-state index contributed by atoms with van der Waals surface area (Å²) in [5.74, 6) is -0.269. The quantitative estimate of drug-likeness (QED) is 0.894. The van der Waals surface area contributed by atoms with Gasteiger partial charge in [-0.2, -0.15) is 13.2 Å². The second-order valence-corrected chi connectivity index (χ2v) is 6.35. The van der Waals surface area contributed by atoms with E-state index in [1.54, 1.807) is 0 Å². The summed E-state index contributed by atoms with van der Waals surface area (Å²) in [7, 11) is 0. The summed E-state index contributed by atoms with van der Waals surface area (Å²) >= 11 is 3.05. The maximum absolute atomic E-state index is 13.2. The van der Waals surface area contributed by atoms with Crippen molar-refractivity contribution in [3.8, 4) is 0 Å². The van der Waals surface area contributed by atoms with E-state index in [0.29, 0.717) is 23.5 Å². The zero-order valence-electron chi connectivity index (χ0n) is 11.1. The number of carbonyl (C=O) groups is 1. The Kier molecular flexibility index (Phi) is 3.73. The van der Waals surface area contributed by atoms with Crippen molar-refractivity contribution in [2.75, 3.05) is 11.4 Å². The summed E-state index contributed by atoms with van der Waals surface area (Å²) in [6.07, 6.45) is -1.87. The fraction of sp³-hybridized carbons (Fsp3) is 0.500. The largest absolute Gasteiger partial charge is 0.418 e. The molecule has 1 unspecified atom stereocenters. The molecule has 1 aliphatic heterocycles. The number of carbonyl (C=O) groups excluding carboxylic acids is 1. The van der Waals surface area contributed by atoms with Crippen molar-refractivity contribution in [1.29, 1.82) is 0 Å². The second kappa shape index (κ2) is 5.28. The van der Waals surface area contributed by atoms with Gasteiger partial charge in [-0.3, -0.25) is 4.79 Å². The van der Waals surface area contributed by atoms with Crippen molar-refractivity contribution in [3.63, 3.8) is 0 Å². The average Bonchev–Trinajstić information content (AvgIpc) is 3.14. The number of benzene rings is 1. The summed E-state index contributed by atoms with van der Waals surface area (Å²) < 4.78 is 39.8. The van der Waals surface area contributed by atoms with E-state index in [1.807, 2.05) is 0 Å². The van der Waals surface area contributed by atoms with Crippen LogP contribution in [0.2, 0.25) is 0 Å². The Labute approximate surface area is 128 Å². The minimum Gasteiger partial charge on any atom is -0.310 e. The normalized spacial score (nSPS) is 23.0. The molecule has 1 aromatic rings. The van der Waals surface area contributed by atoms with Crippen LogP contribution in [0.15, 0.2) is 22.7 Å². The standard InChI is InChI=1S/C14H14BrF3N2O/c15-8-1-4-12(10(7-8)14(16,17)18)20-6-5-11(13(20)21)19-9-2-3-9/h1,4,7,9,11,19H,2-3,5-6H2. The summed E-state index contributed by atoms with van der Waals surface area (Å²) in [6, 6.07) is 3.89. The van der Waals surface area contributed by atoms with Crippen LogP contribution in [-0.4, -0.2) is 24.5 Å². The first-order chi connectivity index (χ1) is 9.86. The zero-order chi connectivity index (χ0) is 15.2. The molecule has 0 spiro atoms. The Hall–Kier alpha value is -1.08. The van der Waals surface area contributed by atoms with E-state index in [0.717, 1.165) is 18.9 Å². The van der Waals surface area contributed by atoms with Crippen LogP contribution in [0.4, 0.5) is 18.9 Å². The highest BCUT2D eigenvalue weighted by Gasteiger charge is 2.41. The summed E-state index contributed by atoms with van der Waals surface area (Å²) in [5.41, 5.74) is -0.840. The smallest absolute Gasteiger partial charge is 0.310 e. The van der Waals surface area contributed by atoms with E-state index in [9.17, 15) is 18.0 Å². The third kappa shape index (κ3) is 3.08. The summed E-state index contributed by atoms with van der Waals surface area (Å²) in [5, 5.41) is 3.19. The maximum Gasteiger partial charge on any atom is 0.418 e. The molecule has 2 aliphatic rings. The summed E-state index contributed by atoms with van der Waals surface area (Å²) in [4.78, 5) is 13.6. The number of hydrogen-bond acceptors (Lipinski definition) is 2. The SMILES string of the molecule is O=C1C(NC2CC2)CCN1c1ccc(Br)cc1C(F)(F)F. The molecule has 0 aromatic heterocycles. The number of hydrogen-bond donors (Lipinski definition) is 1. The van der Waals surface area contributed by atoms with Gasteiger partial charge in [0, 0.05) is 17.1 Å². The lowest BCUT2D eigenvalue weighted by atomic mass is 10.1. The molecule has 3 rings (SSSR count). The molecule has 1 N–H and O–H groups in total. The lowest BCUT2D eigenvalue weighted by Crippen LogP contribution is -2.39. The lowest BCUT2D eigenvalue weighted by molar-refractivity contribution is -0.137. The van der Waals surface area contributed by atoms with Crippen LogP contribution < -0.4 is 10.2 Å². The molecule has 114 valence electrons. The Bertz CT molecular complexity index is 572. The zero-order valence-corrected chi connectivity index (χ0v) is 12.7. The molecule has 1 aliphatic carbocycles. The molecule has 1 aromatic carbocycles. The first kappa shape index (κ1) is 14.8. The van der Waals surface area contributed by atoms with E-state index < -0.39 is 11.7 Å². The Morgan fingerprint density at radius 2 is 1.95 bits per heavy atom. The van der Waals surface area contributed by atoms with Gasteiger partial charge in [-0.05, 0) is 37.5 Å². The van der Waals surface area contributed by atoms with Crippen molar-refractivity contribution in [2.24, 2.45) is 0 Å². The van der Waals surface area contributed by atoms with Gasteiger partial charge >= 0.3 is 6.18 Å². The minimum absolute atomic E-state index is 0.0594. The van der Waals surface area contributed by atoms with E-state index in [4.69, 9.17) is 0 Å². The predicted octanol–water partition coefficient (Wildman–Crippen LogP) is 3.33. The number of anilines is 1. The first-order valence-corrected chi connectivity index (χ1v) is 7.60. The Morgan fingerprint density at radius 1 is 1.24 bits per heavy atom. The van der Waals surface area contributed by atoms with E-state index in [1.165, 1.54) is 17.0 Å². The van der Waals surface area contributed by atoms with Crippen LogP contribution in [0.3, 0.4) is 0 Å². The number of nitrogens with one attached hydrogen (secondary N) is 1. The van der Waals surface area contributed by atoms with Gasteiger partial charge < -0.3 is 10.2 Å². The maximum atomic E-state index is 13.2. The molecule has 3 nitrogen and oxygen atoms in total. The van der Waals surface area contributed by atoms with Crippen LogP contribution >= 0.6 is 15.9 Å². The van der Waals surface area contributed by atoms with Crippen LogP contribution in [-0.2, 0) is 11.0 Å². The van der Waals surface area contributed by atoms with Crippen LogP contribution in [0.5, 0.6) is 0 Å². The first-order valence-electron chi connectivity index (χ1n) is 6.80. The third-order valence-corrected chi connectivity index (χ3v) is 4.27. The molecule has 1 amide bonds. The topological polar surface area (TPSA) is 32.3 Å². The van der Waals surface area contributed by atoms with Gasteiger partial charge in [0.25, 0.3) is 0 Å². The lowest BCUT2D eigenvalue weighted by Gasteiger charge is -2.22. The molecule has 0 radical (unpaired) electrons. The number of nitrogens with zero attached hydrogens (tertiary/aromatic N) is 1. The van der Waals surface area contributed by atoms with Gasteiger partial charge in [0.1, 0.15) is 0 Å². The van der Waals surface area contributed by atoms with Crippen molar-refractivity contribution in [1.82, 2.24) is 5.32 Å². The van der Waals surface area contributed by atoms with E-state index in [2.05, 4.69) is 21.2 Å². The second-order valence-electron chi connectivity index (χ2n) is 5.43. The van der Waals surface area contributed by atoms with Crippen molar-refractivity contribution >= 4 is 27.5 Å². The van der Waals surface area contributed by atoms with Gasteiger partial charge in [0.2, 0.25) is 5.91 Å². The van der Waals surface area contributed by atoms with Crippen LogP contribution in [0.1, 0.15) is 24.8 Å². The molecule has 21 heavy (non-hydrogen) atoms. The van der Waals surface area contributed by atoms with Gasteiger partial charge in [-0.1, -0.05) is 15.9 Å². The number of rotatable bonds is 3. The fourth-order valence-electron chi connectivity index (χ4n) is 2.58. The molecule has 1 saturated carbocycles. The molecular weight excluding hydrogens is 349 g/mol. The highest BCUT2D eigenvalue weighted by molar-refractivity contribution is 9.10. The number of halogens is 4. The van der Waals surface area contributed by atoms with Gasteiger partial charge in [0.15, 0.2) is 0 Å². The molecule has 7 heteroatoms. The fourth-order valence-corrected chi connectivity index (χ4v) is 2.94. The van der Waals surface area contributed by atoms with Crippen molar-refractivity contribution in [2.45, 2.75) is 37.5 Å². The summed E-state index contributed by atoms with van der Waals surface area (Å²) in [6.45, 7) is 0.313. The molecule has 1 atom stereocenters. The Morgan fingerprint density at radius 3 is 2.57 bits per heavy atom. The number of amides is 1. The molecule has 2 fully saturated rings.